The van der Waals surface area contributed by atoms with Gasteiger partial charge in [0.25, 0.3) is 5.56 Å². The van der Waals surface area contributed by atoms with Crippen molar-refractivity contribution in [3.8, 4) is 11.3 Å². The molecule has 0 spiro atoms. The maximum Gasteiger partial charge on any atom is 0.267 e. The van der Waals surface area contributed by atoms with Crippen molar-refractivity contribution in [3.63, 3.8) is 0 Å². The summed E-state index contributed by atoms with van der Waals surface area (Å²) in [7, 11) is 0. The van der Waals surface area contributed by atoms with Crippen LogP contribution in [0, 0.1) is 6.92 Å². The number of carbonyl (C=O) groups is 1. The number of anilines is 1. The molecular weight excluding hydrogens is 296 g/mol. The van der Waals surface area contributed by atoms with Crippen LogP contribution in [-0.4, -0.2) is 20.8 Å². The van der Waals surface area contributed by atoms with Gasteiger partial charge in [-0.15, -0.1) is 0 Å². The molecule has 2 aromatic heterocycles. The van der Waals surface area contributed by atoms with E-state index in [2.05, 4.69) is 15.6 Å². The fraction of sp³-hybridized carbons (Fsp3) is 0.125. The highest BCUT2D eigenvalue weighted by molar-refractivity contribution is 5.89. The Morgan fingerprint density at radius 2 is 2.00 bits per heavy atom. The van der Waals surface area contributed by atoms with Crippen LogP contribution in [0.25, 0.3) is 11.3 Å². The molecule has 3 aromatic rings. The third-order valence-electron chi connectivity index (χ3n) is 3.12. The van der Waals surface area contributed by atoms with Gasteiger partial charge in [-0.25, -0.2) is 4.68 Å². The van der Waals surface area contributed by atoms with Gasteiger partial charge in [0.1, 0.15) is 6.54 Å². The Morgan fingerprint density at radius 3 is 2.70 bits per heavy atom. The van der Waals surface area contributed by atoms with Gasteiger partial charge in [0.15, 0.2) is 0 Å². The molecule has 0 fully saturated rings. The predicted molar refractivity (Wildman–Crippen MR) is 83.8 cm³/mol. The van der Waals surface area contributed by atoms with E-state index in [1.807, 2.05) is 30.3 Å². The van der Waals surface area contributed by atoms with Gasteiger partial charge in [0.05, 0.1) is 11.4 Å². The summed E-state index contributed by atoms with van der Waals surface area (Å²) in [6, 6.07) is 14.0. The first-order valence-electron chi connectivity index (χ1n) is 6.98. The van der Waals surface area contributed by atoms with Gasteiger partial charge >= 0.3 is 0 Å². The summed E-state index contributed by atoms with van der Waals surface area (Å²) in [4.78, 5) is 23.9. The van der Waals surface area contributed by atoms with Crippen molar-refractivity contribution in [1.82, 2.24) is 14.9 Å². The Morgan fingerprint density at radius 1 is 1.22 bits per heavy atom. The molecule has 0 aliphatic heterocycles. The maximum absolute atomic E-state index is 12.0. The second kappa shape index (κ2) is 6.27. The van der Waals surface area contributed by atoms with E-state index in [-0.39, 0.29) is 18.0 Å². The second-order valence-corrected chi connectivity index (χ2v) is 4.96. The average molecular weight is 310 g/mol. The van der Waals surface area contributed by atoms with Crippen LogP contribution < -0.4 is 10.9 Å². The van der Waals surface area contributed by atoms with Crippen LogP contribution in [0.15, 0.2) is 57.8 Å². The van der Waals surface area contributed by atoms with Crippen LogP contribution in [-0.2, 0) is 11.3 Å². The molecule has 0 bridgehead atoms. The minimum Gasteiger partial charge on any atom is -0.338 e. The van der Waals surface area contributed by atoms with E-state index in [0.717, 1.165) is 10.2 Å². The number of nitrogens with zero attached hydrogens (tertiary/aromatic N) is 3. The fourth-order valence-electron chi connectivity index (χ4n) is 2.06. The lowest BCUT2D eigenvalue weighted by molar-refractivity contribution is -0.117. The summed E-state index contributed by atoms with van der Waals surface area (Å²) in [5.74, 6) is -0.180. The van der Waals surface area contributed by atoms with Crippen molar-refractivity contribution in [2.24, 2.45) is 0 Å². The minimum absolute atomic E-state index is 0.209. The average Bonchev–Trinajstić information content (AvgIpc) is 2.95. The molecule has 0 aliphatic rings. The summed E-state index contributed by atoms with van der Waals surface area (Å²) < 4.78 is 6.02. The van der Waals surface area contributed by atoms with E-state index in [0.29, 0.717) is 11.4 Å². The number of hydrogen-bond acceptors (Lipinski definition) is 5. The highest BCUT2D eigenvalue weighted by atomic mass is 16.5. The van der Waals surface area contributed by atoms with Gasteiger partial charge in [0, 0.05) is 17.7 Å². The van der Waals surface area contributed by atoms with Crippen LogP contribution in [0.4, 0.5) is 5.88 Å². The van der Waals surface area contributed by atoms with Crippen molar-refractivity contribution >= 4 is 11.8 Å². The molecule has 0 saturated carbocycles. The number of hydrogen-bond donors (Lipinski definition) is 1. The molecule has 23 heavy (non-hydrogen) atoms. The zero-order valence-corrected chi connectivity index (χ0v) is 12.4. The monoisotopic (exact) mass is 310 g/mol. The quantitative estimate of drug-likeness (QED) is 0.794. The van der Waals surface area contributed by atoms with E-state index in [4.69, 9.17) is 4.52 Å². The smallest absolute Gasteiger partial charge is 0.267 e. The lowest BCUT2D eigenvalue weighted by Crippen LogP contribution is -2.29. The molecule has 7 heteroatoms. The standard InChI is InChI=1S/C16H14N4O3/c1-11-9-15(23-19-11)17-14(21)10-20-16(22)8-7-13(18-20)12-5-3-2-4-6-12/h2-9H,10H2,1H3,(H,17,21). The molecule has 0 radical (unpaired) electrons. The lowest BCUT2D eigenvalue weighted by atomic mass is 10.1. The Hall–Kier alpha value is -3.22. The van der Waals surface area contributed by atoms with E-state index in [1.54, 1.807) is 19.1 Å². The minimum atomic E-state index is -0.416. The Balaban J connectivity index is 1.79. The summed E-state index contributed by atoms with van der Waals surface area (Å²) >= 11 is 0. The van der Waals surface area contributed by atoms with Gasteiger partial charge < -0.3 is 4.52 Å². The highest BCUT2D eigenvalue weighted by Gasteiger charge is 2.10. The van der Waals surface area contributed by atoms with Crippen molar-refractivity contribution in [3.05, 3.63) is 64.6 Å². The number of aryl methyl sites for hydroxylation is 1. The molecule has 1 amide bonds. The van der Waals surface area contributed by atoms with E-state index < -0.39 is 5.91 Å². The summed E-state index contributed by atoms with van der Waals surface area (Å²) in [6.45, 7) is 1.54. The number of aromatic nitrogens is 3. The molecule has 0 atom stereocenters. The summed E-state index contributed by atoms with van der Waals surface area (Å²) in [5, 5.41) is 10.4. The molecule has 116 valence electrons. The first-order valence-corrected chi connectivity index (χ1v) is 6.98. The maximum atomic E-state index is 12.0. The van der Waals surface area contributed by atoms with Gasteiger partial charge in [-0.1, -0.05) is 35.5 Å². The molecule has 1 N–H and O–H groups in total. The lowest BCUT2D eigenvalue weighted by Gasteiger charge is -2.06. The molecule has 7 nitrogen and oxygen atoms in total. The molecule has 2 heterocycles. The normalized spacial score (nSPS) is 10.5. The van der Waals surface area contributed by atoms with Crippen molar-refractivity contribution in [1.29, 1.82) is 0 Å². The number of carbonyl (C=O) groups excluding carboxylic acids is 1. The first kappa shape index (κ1) is 14.7. The highest BCUT2D eigenvalue weighted by Crippen LogP contribution is 2.14. The Labute approximate surface area is 131 Å². The summed E-state index contributed by atoms with van der Waals surface area (Å²) in [5.41, 5.74) is 1.79. The fourth-order valence-corrected chi connectivity index (χ4v) is 2.06. The second-order valence-electron chi connectivity index (χ2n) is 4.96. The number of amides is 1. The molecule has 1 aromatic carbocycles. The molecular formula is C16H14N4O3. The van der Waals surface area contributed by atoms with Crippen LogP contribution >= 0.6 is 0 Å². The van der Waals surface area contributed by atoms with E-state index >= 15 is 0 Å². The zero-order valence-electron chi connectivity index (χ0n) is 12.4. The molecule has 3 rings (SSSR count). The van der Waals surface area contributed by atoms with Gasteiger partial charge in [-0.3, -0.25) is 14.9 Å². The zero-order chi connectivity index (χ0) is 16.2. The van der Waals surface area contributed by atoms with Crippen molar-refractivity contribution < 1.29 is 9.32 Å². The van der Waals surface area contributed by atoms with Gasteiger partial charge in [0.2, 0.25) is 11.8 Å². The van der Waals surface area contributed by atoms with Crippen LogP contribution in [0.3, 0.4) is 0 Å². The summed E-state index contributed by atoms with van der Waals surface area (Å²) in [6.07, 6.45) is 0. The Kier molecular flexibility index (Phi) is 4.01. The number of rotatable bonds is 4. The molecule has 0 aliphatic carbocycles. The van der Waals surface area contributed by atoms with Crippen molar-refractivity contribution in [2.75, 3.05) is 5.32 Å². The number of nitrogens with one attached hydrogen (secondary N) is 1. The first-order chi connectivity index (χ1) is 11.1. The third kappa shape index (κ3) is 3.52. The van der Waals surface area contributed by atoms with Gasteiger partial charge in [-0.2, -0.15) is 5.10 Å². The topological polar surface area (TPSA) is 90.0 Å². The van der Waals surface area contributed by atoms with Crippen LogP contribution in [0.2, 0.25) is 0 Å². The van der Waals surface area contributed by atoms with E-state index in [1.165, 1.54) is 6.07 Å². The predicted octanol–water partition coefficient (Wildman–Crippen LogP) is 1.85. The van der Waals surface area contributed by atoms with Crippen LogP contribution in [0.1, 0.15) is 5.69 Å². The number of benzene rings is 1. The van der Waals surface area contributed by atoms with E-state index in [9.17, 15) is 9.59 Å². The van der Waals surface area contributed by atoms with Crippen LogP contribution in [0.5, 0.6) is 0 Å². The van der Waals surface area contributed by atoms with Crippen molar-refractivity contribution in [2.45, 2.75) is 13.5 Å². The molecule has 0 unspecified atom stereocenters. The SMILES string of the molecule is Cc1cc(NC(=O)Cn2nc(-c3ccccc3)ccc2=O)on1. The Bertz CT molecular complexity index is 884. The van der Waals surface area contributed by atoms with Gasteiger partial charge in [-0.05, 0) is 13.0 Å². The third-order valence-corrected chi connectivity index (χ3v) is 3.12. The largest absolute Gasteiger partial charge is 0.338 e. The molecule has 0 saturated heterocycles.